The van der Waals surface area contributed by atoms with Gasteiger partial charge in [0.15, 0.2) is 0 Å². The van der Waals surface area contributed by atoms with Crippen LogP contribution in [0, 0.1) is 11.7 Å². The van der Waals surface area contributed by atoms with Crippen molar-refractivity contribution in [3.05, 3.63) is 35.8 Å². The first-order valence-corrected chi connectivity index (χ1v) is 8.97. The molecule has 28 heavy (non-hydrogen) atoms. The van der Waals surface area contributed by atoms with Crippen LogP contribution >= 0.6 is 0 Å². The van der Waals surface area contributed by atoms with Crippen molar-refractivity contribution < 1.29 is 34.1 Å². The normalized spacial score (nSPS) is 18.8. The average Bonchev–Trinajstić information content (AvgIpc) is 2.97. The van der Waals surface area contributed by atoms with E-state index in [1.165, 1.54) is 29.0 Å². The zero-order chi connectivity index (χ0) is 20.4. The van der Waals surface area contributed by atoms with E-state index in [0.717, 1.165) is 0 Å². The summed E-state index contributed by atoms with van der Waals surface area (Å²) in [5, 5.41) is 28.6. The number of carbonyl (C=O) groups is 3. The van der Waals surface area contributed by atoms with Crippen LogP contribution in [-0.4, -0.2) is 55.8 Å². The van der Waals surface area contributed by atoms with Gasteiger partial charge in [0, 0.05) is 30.2 Å². The summed E-state index contributed by atoms with van der Waals surface area (Å²) < 4.78 is 15.3. The number of nitrogens with zero attached hydrogens (tertiary/aromatic N) is 2. The monoisotopic (exact) mass is 392 g/mol. The molecular weight excluding hydrogens is 371 g/mol. The molecule has 2 heterocycles. The molecule has 1 aromatic heterocycles. The first-order chi connectivity index (χ1) is 13.3. The molecule has 3 rings (SSSR count). The third-order valence-corrected chi connectivity index (χ3v) is 5.14. The summed E-state index contributed by atoms with van der Waals surface area (Å²) in [6.07, 6.45) is 2.40. The van der Waals surface area contributed by atoms with Crippen LogP contribution in [0.3, 0.4) is 0 Å². The van der Waals surface area contributed by atoms with Gasteiger partial charge in [0.1, 0.15) is 11.9 Å². The van der Waals surface area contributed by atoms with E-state index < -0.39 is 35.7 Å². The topological polar surface area (TPSA) is 120 Å². The molecule has 1 aromatic carbocycles. The Labute approximate surface area is 159 Å². The van der Waals surface area contributed by atoms with Crippen molar-refractivity contribution in [2.75, 3.05) is 13.1 Å². The van der Waals surface area contributed by atoms with E-state index in [0.29, 0.717) is 35.9 Å². The Kier molecular flexibility index (Phi) is 5.64. The molecule has 1 fully saturated rings. The van der Waals surface area contributed by atoms with Gasteiger partial charge in [-0.05, 0) is 37.6 Å². The second-order valence-corrected chi connectivity index (χ2v) is 7.00. The van der Waals surface area contributed by atoms with E-state index in [2.05, 4.69) is 0 Å². The fraction of sp³-hybridized carbons (Fsp3) is 0.421. The number of rotatable bonds is 7. The zero-order valence-corrected chi connectivity index (χ0v) is 15.0. The number of piperidine rings is 1. The number of benzene rings is 1. The van der Waals surface area contributed by atoms with Gasteiger partial charge in [0.2, 0.25) is 0 Å². The molecule has 0 bridgehead atoms. The van der Waals surface area contributed by atoms with Crippen molar-refractivity contribution >= 4 is 28.8 Å². The van der Waals surface area contributed by atoms with Crippen molar-refractivity contribution in [2.24, 2.45) is 5.92 Å². The molecular formula is C19H21FN2O6. The number of aryl methyl sites for hydroxylation is 1. The molecule has 0 radical (unpaired) electrons. The lowest BCUT2D eigenvalue weighted by atomic mass is 9.94. The van der Waals surface area contributed by atoms with Gasteiger partial charge in [-0.1, -0.05) is 0 Å². The minimum absolute atomic E-state index is 0.0688. The van der Waals surface area contributed by atoms with Crippen molar-refractivity contribution in [3.63, 3.8) is 0 Å². The summed E-state index contributed by atoms with van der Waals surface area (Å²) in [7, 11) is 0. The van der Waals surface area contributed by atoms with Gasteiger partial charge in [-0.15, -0.1) is 0 Å². The highest BCUT2D eigenvalue weighted by molar-refractivity contribution is 5.90. The van der Waals surface area contributed by atoms with Crippen molar-refractivity contribution in [3.8, 4) is 0 Å². The lowest BCUT2D eigenvalue weighted by molar-refractivity contribution is -0.149. The lowest BCUT2D eigenvalue weighted by Gasteiger charge is -2.34. The molecule has 2 unspecified atom stereocenters. The van der Waals surface area contributed by atoms with E-state index in [1.807, 2.05) is 0 Å². The first kappa shape index (κ1) is 19.8. The largest absolute Gasteiger partial charge is 0.481 e. The highest BCUT2D eigenvalue weighted by Gasteiger charge is 2.35. The van der Waals surface area contributed by atoms with Crippen LogP contribution < -0.4 is 0 Å². The van der Waals surface area contributed by atoms with Gasteiger partial charge in [0.05, 0.1) is 17.9 Å². The van der Waals surface area contributed by atoms with E-state index in [1.54, 1.807) is 4.90 Å². The molecule has 2 aromatic rings. The van der Waals surface area contributed by atoms with Gasteiger partial charge in [0.25, 0.3) is 0 Å². The number of likely N-dealkylation sites (tertiary alicyclic amines) is 1. The van der Waals surface area contributed by atoms with E-state index in [9.17, 15) is 29.0 Å². The molecule has 0 saturated carbocycles. The van der Waals surface area contributed by atoms with Gasteiger partial charge in [-0.3, -0.25) is 19.3 Å². The Morgan fingerprint density at radius 2 is 1.96 bits per heavy atom. The quantitative estimate of drug-likeness (QED) is 0.660. The number of fused-ring (bicyclic) bond motifs is 1. The van der Waals surface area contributed by atoms with Gasteiger partial charge < -0.3 is 19.9 Å². The number of aromatic nitrogens is 1. The second-order valence-electron chi connectivity index (χ2n) is 7.00. The van der Waals surface area contributed by atoms with Crippen molar-refractivity contribution in [2.45, 2.75) is 31.8 Å². The summed E-state index contributed by atoms with van der Waals surface area (Å²) >= 11 is 0. The highest BCUT2D eigenvalue weighted by atomic mass is 19.1. The zero-order valence-electron chi connectivity index (χ0n) is 15.0. The summed E-state index contributed by atoms with van der Waals surface area (Å²) in [6.45, 7) is 0.610. The predicted molar refractivity (Wildman–Crippen MR) is 96.5 cm³/mol. The number of hydrogen-bond donors (Lipinski definition) is 3. The predicted octanol–water partition coefficient (Wildman–Crippen LogP) is 2.18. The summed E-state index contributed by atoms with van der Waals surface area (Å²) in [5.41, 5.74) is 0.813. The molecule has 2 atom stereocenters. The van der Waals surface area contributed by atoms with Crippen molar-refractivity contribution in [1.29, 1.82) is 0 Å². The minimum Gasteiger partial charge on any atom is -0.481 e. The minimum atomic E-state index is -1.13. The Morgan fingerprint density at radius 3 is 2.61 bits per heavy atom. The molecule has 9 heteroatoms. The van der Waals surface area contributed by atoms with Crippen LogP contribution in [0.5, 0.6) is 0 Å². The Balaban J connectivity index is 2.04. The van der Waals surface area contributed by atoms with Gasteiger partial charge >= 0.3 is 17.9 Å². The fourth-order valence-electron chi connectivity index (χ4n) is 3.84. The van der Waals surface area contributed by atoms with Gasteiger partial charge in [-0.2, -0.15) is 0 Å². The Bertz CT molecular complexity index is 925. The molecule has 1 saturated heterocycles. The Hall–Kier alpha value is -2.94. The number of carboxylic acids is 3. The maximum Gasteiger partial charge on any atom is 0.325 e. The van der Waals surface area contributed by atoms with Crippen LogP contribution in [0.15, 0.2) is 24.4 Å². The van der Waals surface area contributed by atoms with Crippen molar-refractivity contribution in [1.82, 2.24) is 9.47 Å². The van der Waals surface area contributed by atoms with E-state index in [4.69, 9.17) is 5.11 Å². The average molecular weight is 392 g/mol. The van der Waals surface area contributed by atoms with E-state index >= 15 is 0 Å². The molecule has 8 nitrogen and oxygen atoms in total. The lowest BCUT2D eigenvalue weighted by Crippen LogP contribution is -2.43. The molecule has 0 amide bonds. The number of hydrogen-bond acceptors (Lipinski definition) is 4. The standard InChI is InChI=1S/C19H21FN2O6/c20-12-3-4-13-14(10-21(15(13)8-12)7-5-16(23)24)17(19(27)28)22-6-1-2-11(9-22)18(25)26/h3-4,8,10-11,17H,1-2,5-7,9H2,(H,23,24)(H,25,26)(H,27,28). The van der Waals surface area contributed by atoms with Crippen LogP contribution in [0.1, 0.15) is 30.9 Å². The summed E-state index contributed by atoms with van der Waals surface area (Å²) in [5.74, 6) is -4.26. The summed E-state index contributed by atoms with van der Waals surface area (Å²) in [4.78, 5) is 36.0. The maximum atomic E-state index is 13.8. The van der Waals surface area contributed by atoms with Crippen LogP contribution in [0.4, 0.5) is 4.39 Å². The Morgan fingerprint density at radius 1 is 1.21 bits per heavy atom. The molecule has 0 aliphatic carbocycles. The van der Waals surface area contributed by atoms with Crippen LogP contribution in [0.2, 0.25) is 0 Å². The van der Waals surface area contributed by atoms with Gasteiger partial charge in [-0.25, -0.2) is 4.39 Å². The number of halogens is 1. The molecule has 0 spiro atoms. The molecule has 150 valence electrons. The fourth-order valence-corrected chi connectivity index (χ4v) is 3.84. The highest BCUT2D eigenvalue weighted by Crippen LogP contribution is 2.34. The number of aliphatic carboxylic acids is 3. The smallest absolute Gasteiger partial charge is 0.325 e. The molecule has 1 aliphatic heterocycles. The van der Waals surface area contributed by atoms with Crippen LogP contribution in [0.25, 0.3) is 10.9 Å². The number of carboxylic acid groups (broad SMARTS) is 3. The third-order valence-electron chi connectivity index (χ3n) is 5.14. The maximum absolute atomic E-state index is 13.8. The molecule has 1 aliphatic rings. The molecule has 3 N–H and O–H groups in total. The third kappa shape index (κ3) is 3.99. The first-order valence-electron chi connectivity index (χ1n) is 8.97. The second kappa shape index (κ2) is 7.97. The van der Waals surface area contributed by atoms with E-state index in [-0.39, 0.29) is 19.5 Å². The SMILES string of the molecule is O=C(O)CCn1cc(C(C(=O)O)N2CCCC(C(=O)O)C2)c2ccc(F)cc21. The van der Waals surface area contributed by atoms with Crippen LogP contribution in [-0.2, 0) is 20.9 Å². The summed E-state index contributed by atoms with van der Waals surface area (Å²) in [6, 6.07) is 2.85.